The third kappa shape index (κ3) is 6.74. The number of hydrogen-bond acceptors (Lipinski definition) is 5. The molecule has 22 heavy (non-hydrogen) atoms. The van der Waals surface area contributed by atoms with E-state index in [0.717, 1.165) is 5.56 Å². The van der Waals surface area contributed by atoms with Gasteiger partial charge in [0, 0.05) is 18.1 Å². The van der Waals surface area contributed by atoms with Crippen molar-refractivity contribution in [2.24, 2.45) is 0 Å². The van der Waals surface area contributed by atoms with Gasteiger partial charge in [-0.3, -0.25) is 0 Å². The molecular weight excluding hydrogens is 284 g/mol. The van der Waals surface area contributed by atoms with Crippen molar-refractivity contribution >= 4 is 18.0 Å². The maximum atomic E-state index is 11.1. The van der Waals surface area contributed by atoms with E-state index in [2.05, 4.69) is 11.3 Å². The molecule has 0 saturated heterocycles. The molecule has 0 heterocycles. The van der Waals surface area contributed by atoms with Gasteiger partial charge in [-0.25, -0.2) is 9.59 Å². The molecule has 0 aliphatic carbocycles. The van der Waals surface area contributed by atoms with Gasteiger partial charge in [0.05, 0.1) is 20.3 Å². The van der Waals surface area contributed by atoms with Crippen LogP contribution in [0.4, 0.5) is 0 Å². The standard InChI is InChI=1S/C17H20O5/c1-13(2)17(19)22-12-4-11-21-15-8-5-14(6-9-15)7-10-16(18)20-3/h5-10H,1,4,11-12H2,2-3H3. The molecule has 118 valence electrons. The lowest BCUT2D eigenvalue weighted by molar-refractivity contribution is -0.139. The molecule has 5 nitrogen and oxygen atoms in total. The van der Waals surface area contributed by atoms with E-state index >= 15 is 0 Å². The van der Waals surface area contributed by atoms with Crippen molar-refractivity contribution < 1.29 is 23.8 Å². The molecule has 5 heteroatoms. The zero-order valence-corrected chi connectivity index (χ0v) is 12.8. The highest BCUT2D eigenvalue weighted by Gasteiger charge is 2.02. The highest BCUT2D eigenvalue weighted by Crippen LogP contribution is 2.13. The molecule has 0 spiro atoms. The summed E-state index contributed by atoms with van der Waals surface area (Å²) in [4.78, 5) is 22.1. The maximum absolute atomic E-state index is 11.1. The Hall–Kier alpha value is -2.56. The van der Waals surface area contributed by atoms with E-state index in [0.29, 0.717) is 31.0 Å². The Morgan fingerprint density at radius 2 is 1.86 bits per heavy atom. The van der Waals surface area contributed by atoms with Crippen LogP contribution in [-0.2, 0) is 19.1 Å². The van der Waals surface area contributed by atoms with Gasteiger partial charge in [-0.1, -0.05) is 18.7 Å². The fourth-order valence-corrected chi connectivity index (χ4v) is 1.44. The van der Waals surface area contributed by atoms with Crippen LogP contribution in [0, 0.1) is 0 Å². The van der Waals surface area contributed by atoms with Gasteiger partial charge in [0.15, 0.2) is 0 Å². The van der Waals surface area contributed by atoms with Crippen LogP contribution in [0.1, 0.15) is 18.9 Å². The third-order valence-electron chi connectivity index (χ3n) is 2.63. The summed E-state index contributed by atoms with van der Waals surface area (Å²) < 4.78 is 15.0. The predicted molar refractivity (Wildman–Crippen MR) is 83.4 cm³/mol. The summed E-state index contributed by atoms with van der Waals surface area (Å²) in [5, 5.41) is 0. The zero-order valence-electron chi connectivity index (χ0n) is 12.8. The second-order valence-electron chi connectivity index (χ2n) is 4.54. The fourth-order valence-electron chi connectivity index (χ4n) is 1.44. The zero-order chi connectivity index (χ0) is 16.4. The Bertz CT molecular complexity index is 543. The second kappa shape index (κ2) is 9.39. The number of methoxy groups -OCH3 is 1. The molecular formula is C17H20O5. The van der Waals surface area contributed by atoms with Gasteiger partial charge in [0.25, 0.3) is 0 Å². The third-order valence-corrected chi connectivity index (χ3v) is 2.63. The summed E-state index contributed by atoms with van der Waals surface area (Å²) in [5.74, 6) is -0.0761. The first-order valence-corrected chi connectivity index (χ1v) is 6.84. The topological polar surface area (TPSA) is 61.8 Å². The molecule has 1 aromatic rings. The summed E-state index contributed by atoms with van der Waals surface area (Å²) >= 11 is 0. The first kappa shape index (κ1) is 17.5. The minimum absolute atomic E-state index is 0.297. The van der Waals surface area contributed by atoms with Crippen molar-refractivity contribution in [2.45, 2.75) is 13.3 Å². The van der Waals surface area contributed by atoms with Crippen LogP contribution in [-0.4, -0.2) is 32.3 Å². The lowest BCUT2D eigenvalue weighted by atomic mass is 10.2. The van der Waals surface area contributed by atoms with Crippen molar-refractivity contribution in [3.63, 3.8) is 0 Å². The smallest absolute Gasteiger partial charge is 0.333 e. The molecule has 0 unspecified atom stereocenters. The molecule has 1 rings (SSSR count). The molecule has 1 aromatic carbocycles. The van der Waals surface area contributed by atoms with E-state index in [1.54, 1.807) is 25.1 Å². The van der Waals surface area contributed by atoms with Crippen LogP contribution in [0.3, 0.4) is 0 Å². The average molecular weight is 304 g/mol. The van der Waals surface area contributed by atoms with E-state index in [9.17, 15) is 9.59 Å². The summed E-state index contributed by atoms with van der Waals surface area (Å²) in [6.07, 6.45) is 3.61. The van der Waals surface area contributed by atoms with Gasteiger partial charge in [-0.05, 0) is 30.7 Å². The fraction of sp³-hybridized carbons (Fsp3) is 0.294. The van der Waals surface area contributed by atoms with Crippen LogP contribution in [0.5, 0.6) is 5.75 Å². The maximum Gasteiger partial charge on any atom is 0.333 e. The van der Waals surface area contributed by atoms with E-state index in [1.165, 1.54) is 13.2 Å². The van der Waals surface area contributed by atoms with Gasteiger partial charge in [-0.2, -0.15) is 0 Å². The van der Waals surface area contributed by atoms with Crippen molar-refractivity contribution in [1.82, 2.24) is 0 Å². The van der Waals surface area contributed by atoms with Crippen LogP contribution in [0.2, 0.25) is 0 Å². The van der Waals surface area contributed by atoms with Crippen molar-refractivity contribution in [1.29, 1.82) is 0 Å². The minimum atomic E-state index is -0.398. The van der Waals surface area contributed by atoms with E-state index in [-0.39, 0.29) is 5.97 Å². The number of esters is 2. The molecule has 0 saturated carbocycles. The molecule has 0 amide bonds. The SMILES string of the molecule is C=C(C)C(=O)OCCCOc1ccc(C=CC(=O)OC)cc1. The lowest BCUT2D eigenvalue weighted by Crippen LogP contribution is -2.09. The first-order chi connectivity index (χ1) is 10.5. The van der Waals surface area contributed by atoms with Crippen molar-refractivity contribution in [3.05, 3.63) is 48.1 Å². The summed E-state index contributed by atoms with van der Waals surface area (Å²) in [6, 6.07) is 7.26. The number of hydrogen-bond donors (Lipinski definition) is 0. The first-order valence-electron chi connectivity index (χ1n) is 6.84. The molecule has 0 bridgehead atoms. The highest BCUT2D eigenvalue weighted by molar-refractivity contribution is 5.87. The molecule has 0 aliphatic heterocycles. The van der Waals surface area contributed by atoms with Gasteiger partial charge >= 0.3 is 11.9 Å². The van der Waals surface area contributed by atoms with Crippen molar-refractivity contribution in [3.8, 4) is 5.75 Å². The molecule has 0 fully saturated rings. The molecule has 0 radical (unpaired) electrons. The quantitative estimate of drug-likeness (QED) is 0.420. The number of carbonyl (C=O) groups excluding carboxylic acids is 2. The van der Waals surface area contributed by atoms with Crippen molar-refractivity contribution in [2.75, 3.05) is 20.3 Å². The van der Waals surface area contributed by atoms with E-state index in [1.807, 2.05) is 12.1 Å². The van der Waals surface area contributed by atoms with Gasteiger partial charge in [0.2, 0.25) is 0 Å². The Balaban J connectivity index is 2.30. The second-order valence-corrected chi connectivity index (χ2v) is 4.54. The molecule has 0 aromatic heterocycles. The number of rotatable bonds is 8. The van der Waals surface area contributed by atoms with E-state index in [4.69, 9.17) is 9.47 Å². The monoisotopic (exact) mass is 304 g/mol. The van der Waals surface area contributed by atoms with Crippen LogP contribution in [0.25, 0.3) is 6.08 Å². The van der Waals surface area contributed by atoms with Crippen LogP contribution in [0.15, 0.2) is 42.5 Å². The van der Waals surface area contributed by atoms with Crippen LogP contribution < -0.4 is 4.74 Å². The summed E-state index contributed by atoms with van der Waals surface area (Å²) in [6.45, 7) is 5.85. The van der Waals surface area contributed by atoms with Gasteiger partial charge in [-0.15, -0.1) is 0 Å². The Morgan fingerprint density at radius 1 is 1.18 bits per heavy atom. The lowest BCUT2D eigenvalue weighted by Gasteiger charge is -2.07. The highest BCUT2D eigenvalue weighted by atomic mass is 16.5. The minimum Gasteiger partial charge on any atom is -0.493 e. The molecule has 0 N–H and O–H groups in total. The molecule has 0 atom stereocenters. The number of carbonyl (C=O) groups is 2. The van der Waals surface area contributed by atoms with E-state index < -0.39 is 5.97 Å². The van der Waals surface area contributed by atoms with Gasteiger partial charge < -0.3 is 14.2 Å². The Kier molecular flexibility index (Phi) is 7.47. The normalized spacial score (nSPS) is 10.3. The van der Waals surface area contributed by atoms with Crippen LogP contribution >= 0.6 is 0 Å². The number of ether oxygens (including phenoxy) is 3. The Labute approximate surface area is 130 Å². The summed E-state index contributed by atoms with van der Waals surface area (Å²) in [7, 11) is 1.33. The molecule has 0 aliphatic rings. The predicted octanol–water partition coefficient (Wildman–Crippen LogP) is 2.76. The number of benzene rings is 1. The average Bonchev–Trinajstić information content (AvgIpc) is 2.53. The largest absolute Gasteiger partial charge is 0.493 e. The van der Waals surface area contributed by atoms with Gasteiger partial charge in [0.1, 0.15) is 5.75 Å². The summed E-state index contributed by atoms with van der Waals surface area (Å²) in [5.41, 5.74) is 1.25. The Morgan fingerprint density at radius 3 is 2.45 bits per heavy atom.